The van der Waals surface area contributed by atoms with Gasteiger partial charge in [-0.15, -0.1) is 0 Å². The largest absolute Gasteiger partial charge is 0.348 e. The van der Waals surface area contributed by atoms with Crippen molar-refractivity contribution in [2.75, 3.05) is 13.1 Å². The highest BCUT2D eigenvalue weighted by atomic mass is 79.9. The Bertz CT molecular complexity index is 508. The Kier molecular flexibility index (Phi) is 5.33. The van der Waals surface area contributed by atoms with Crippen LogP contribution in [-0.4, -0.2) is 40.8 Å². The third-order valence-corrected chi connectivity index (χ3v) is 4.06. The van der Waals surface area contributed by atoms with Crippen LogP contribution in [0.25, 0.3) is 0 Å². The molecule has 114 valence electrons. The minimum Gasteiger partial charge on any atom is -0.348 e. The van der Waals surface area contributed by atoms with Gasteiger partial charge in [0.15, 0.2) is 0 Å². The lowest BCUT2D eigenvalue weighted by molar-refractivity contribution is -0.135. The number of likely N-dealkylation sites (tertiary alicyclic amines) is 1. The molecule has 0 radical (unpaired) electrons. The van der Waals surface area contributed by atoms with Gasteiger partial charge in [0, 0.05) is 35.7 Å². The number of nitrogens with zero attached hydrogens (tertiary/aromatic N) is 2. The first kappa shape index (κ1) is 15.9. The molecule has 0 spiro atoms. The number of hydrogen-bond acceptors (Lipinski definition) is 3. The predicted molar refractivity (Wildman–Crippen MR) is 83.8 cm³/mol. The van der Waals surface area contributed by atoms with Crippen LogP contribution in [0.2, 0.25) is 0 Å². The molecule has 2 heterocycles. The molecule has 0 unspecified atom stereocenters. The molecule has 0 saturated carbocycles. The molecule has 1 N–H and O–H groups in total. The number of piperidine rings is 1. The number of carbonyl (C=O) groups excluding carboxylic acids is 2. The Morgan fingerprint density at radius 3 is 2.52 bits per heavy atom. The average Bonchev–Trinajstić information content (AvgIpc) is 2.47. The van der Waals surface area contributed by atoms with Gasteiger partial charge in [-0.2, -0.15) is 0 Å². The monoisotopic (exact) mass is 353 g/mol. The van der Waals surface area contributed by atoms with E-state index in [9.17, 15) is 9.59 Å². The molecule has 6 heteroatoms. The molecule has 0 aliphatic carbocycles. The highest BCUT2D eigenvalue weighted by molar-refractivity contribution is 9.10. The maximum Gasteiger partial charge on any atom is 0.270 e. The number of aromatic nitrogens is 1. The summed E-state index contributed by atoms with van der Waals surface area (Å²) < 4.78 is 0.847. The second-order valence-electron chi connectivity index (χ2n) is 5.59. The molecular formula is C15H20BrN3O2. The van der Waals surface area contributed by atoms with Crippen molar-refractivity contribution in [2.24, 2.45) is 5.92 Å². The first-order valence-corrected chi connectivity index (χ1v) is 7.98. The van der Waals surface area contributed by atoms with Gasteiger partial charge in [0.1, 0.15) is 5.69 Å². The van der Waals surface area contributed by atoms with E-state index >= 15 is 0 Å². The zero-order valence-electron chi connectivity index (χ0n) is 12.3. The predicted octanol–water partition coefficient (Wildman–Crippen LogP) is 2.22. The van der Waals surface area contributed by atoms with Gasteiger partial charge in [0.05, 0.1) is 0 Å². The van der Waals surface area contributed by atoms with Gasteiger partial charge < -0.3 is 10.2 Å². The Balaban J connectivity index is 1.84. The van der Waals surface area contributed by atoms with E-state index in [1.54, 1.807) is 18.3 Å². The van der Waals surface area contributed by atoms with Crippen LogP contribution >= 0.6 is 15.9 Å². The van der Waals surface area contributed by atoms with Crippen LogP contribution in [0.1, 0.15) is 37.2 Å². The molecule has 1 aromatic heterocycles. The number of nitrogens with one attached hydrogen (secondary N) is 1. The van der Waals surface area contributed by atoms with Crippen molar-refractivity contribution in [3.05, 3.63) is 28.5 Å². The van der Waals surface area contributed by atoms with E-state index in [2.05, 4.69) is 26.2 Å². The molecule has 1 fully saturated rings. The maximum absolute atomic E-state index is 12.1. The molecule has 1 aromatic rings. The van der Waals surface area contributed by atoms with Crippen molar-refractivity contribution < 1.29 is 9.59 Å². The minimum absolute atomic E-state index is 0.0307. The van der Waals surface area contributed by atoms with Gasteiger partial charge in [0.2, 0.25) is 5.91 Å². The second-order valence-corrected chi connectivity index (χ2v) is 6.51. The van der Waals surface area contributed by atoms with E-state index in [4.69, 9.17) is 0 Å². The number of amides is 2. The Morgan fingerprint density at radius 1 is 1.33 bits per heavy atom. The minimum atomic E-state index is -0.156. The van der Waals surface area contributed by atoms with Crippen LogP contribution in [0.15, 0.2) is 22.8 Å². The number of rotatable bonds is 3. The fourth-order valence-electron chi connectivity index (χ4n) is 2.38. The quantitative estimate of drug-likeness (QED) is 0.906. The van der Waals surface area contributed by atoms with Crippen LogP contribution in [-0.2, 0) is 4.79 Å². The first-order valence-electron chi connectivity index (χ1n) is 7.18. The number of pyridine rings is 1. The third-order valence-electron chi connectivity index (χ3n) is 3.60. The Hall–Kier alpha value is -1.43. The van der Waals surface area contributed by atoms with E-state index in [0.717, 1.165) is 17.3 Å². The molecule has 1 aliphatic rings. The molecule has 2 amide bonds. The van der Waals surface area contributed by atoms with Crippen LogP contribution in [0, 0.1) is 5.92 Å². The van der Waals surface area contributed by atoms with Crippen molar-refractivity contribution >= 4 is 27.7 Å². The van der Waals surface area contributed by atoms with Crippen molar-refractivity contribution in [3.8, 4) is 0 Å². The van der Waals surface area contributed by atoms with E-state index in [1.165, 1.54) is 0 Å². The Labute approximate surface area is 133 Å². The summed E-state index contributed by atoms with van der Waals surface area (Å²) in [6, 6.07) is 3.60. The van der Waals surface area contributed by atoms with Crippen LogP contribution in [0.4, 0.5) is 0 Å². The summed E-state index contributed by atoms with van der Waals surface area (Å²) in [5.74, 6) is 0.0635. The van der Waals surface area contributed by atoms with Crippen LogP contribution in [0.5, 0.6) is 0 Å². The normalized spacial score (nSPS) is 16.1. The van der Waals surface area contributed by atoms with Crippen molar-refractivity contribution in [3.63, 3.8) is 0 Å². The number of carbonyl (C=O) groups is 2. The van der Waals surface area contributed by atoms with Gasteiger partial charge in [-0.1, -0.05) is 13.8 Å². The molecule has 5 nitrogen and oxygen atoms in total. The summed E-state index contributed by atoms with van der Waals surface area (Å²) in [6.07, 6.45) is 3.19. The SMILES string of the molecule is CC(C)C(=O)N1CCC(NC(=O)c2ccc(Br)cn2)CC1. The van der Waals surface area contributed by atoms with E-state index in [1.807, 2.05) is 18.7 Å². The molecule has 1 saturated heterocycles. The smallest absolute Gasteiger partial charge is 0.270 e. The van der Waals surface area contributed by atoms with Crippen LogP contribution < -0.4 is 5.32 Å². The van der Waals surface area contributed by atoms with Gasteiger partial charge in [-0.25, -0.2) is 4.98 Å². The summed E-state index contributed by atoms with van der Waals surface area (Å²) in [5.41, 5.74) is 0.416. The van der Waals surface area contributed by atoms with Gasteiger partial charge in [-0.05, 0) is 40.9 Å². The van der Waals surface area contributed by atoms with Crippen LogP contribution in [0.3, 0.4) is 0 Å². The highest BCUT2D eigenvalue weighted by Crippen LogP contribution is 2.14. The summed E-state index contributed by atoms with van der Waals surface area (Å²) >= 11 is 3.29. The lowest BCUT2D eigenvalue weighted by Gasteiger charge is -2.33. The maximum atomic E-state index is 12.1. The zero-order chi connectivity index (χ0) is 15.4. The standard InChI is InChI=1S/C15H20BrN3O2/c1-10(2)15(21)19-7-5-12(6-8-19)18-14(20)13-4-3-11(16)9-17-13/h3-4,9-10,12H,5-8H2,1-2H3,(H,18,20). The average molecular weight is 354 g/mol. The summed E-state index contributed by atoms with van der Waals surface area (Å²) in [5, 5.41) is 2.99. The summed E-state index contributed by atoms with van der Waals surface area (Å²) in [6.45, 7) is 5.23. The summed E-state index contributed by atoms with van der Waals surface area (Å²) in [7, 11) is 0. The third kappa shape index (κ3) is 4.27. The van der Waals surface area contributed by atoms with Gasteiger partial charge >= 0.3 is 0 Å². The molecule has 0 atom stereocenters. The lowest BCUT2D eigenvalue weighted by Crippen LogP contribution is -2.47. The van der Waals surface area contributed by atoms with Gasteiger partial charge in [0.25, 0.3) is 5.91 Å². The van der Waals surface area contributed by atoms with E-state index in [0.29, 0.717) is 18.8 Å². The zero-order valence-corrected chi connectivity index (χ0v) is 13.9. The fourth-order valence-corrected chi connectivity index (χ4v) is 2.61. The van der Waals surface area contributed by atoms with Crippen molar-refractivity contribution in [2.45, 2.75) is 32.7 Å². The first-order chi connectivity index (χ1) is 9.97. The Morgan fingerprint density at radius 2 is 2.00 bits per heavy atom. The molecule has 0 bridgehead atoms. The van der Waals surface area contributed by atoms with E-state index in [-0.39, 0.29) is 23.8 Å². The molecular weight excluding hydrogens is 334 g/mol. The molecule has 2 rings (SSSR count). The number of hydrogen-bond donors (Lipinski definition) is 1. The molecule has 21 heavy (non-hydrogen) atoms. The highest BCUT2D eigenvalue weighted by Gasteiger charge is 2.25. The molecule has 1 aliphatic heterocycles. The van der Waals surface area contributed by atoms with Gasteiger partial charge in [-0.3, -0.25) is 9.59 Å². The van der Waals surface area contributed by atoms with Crippen molar-refractivity contribution in [1.82, 2.24) is 15.2 Å². The van der Waals surface area contributed by atoms with Crippen molar-refractivity contribution in [1.29, 1.82) is 0 Å². The number of halogens is 1. The second kappa shape index (κ2) is 7.02. The lowest BCUT2D eigenvalue weighted by atomic mass is 10.0. The fraction of sp³-hybridized carbons (Fsp3) is 0.533. The summed E-state index contributed by atoms with van der Waals surface area (Å²) in [4.78, 5) is 29.9. The molecule has 0 aromatic carbocycles. The van der Waals surface area contributed by atoms with E-state index < -0.39 is 0 Å². The topological polar surface area (TPSA) is 62.3 Å².